The van der Waals surface area contributed by atoms with Crippen molar-refractivity contribution >= 4 is 11.6 Å². The molecule has 0 aliphatic carbocycles. The van der Waals surface area contributed by atoms with Gasteiger partial charge in [-0.25, -0.2) is 9.78 Å². The number of nitrogens with zero attached hydrogens (tertiary/aromatic N) is 4. The van der Waals surface area contributed by atoms with E-state index in [1.165, 1.54) is 11.6 Å². The molecular formula is C17H18N4O4. The zero-order chi connectivity index (χ0) is 18.3. The molecule has 0 amide bonds. The highest BCUT2D eigenvalue weighted by atomic mass is 16.4. The second-order valence-electron chi connectivity index (χ2n) is 5.92. The molecule has 0 saturated heterocycles. The first-order valence-electron chi connectivity index (χ1n) is 7.76. The number of carboxylic acid groups (broad SMARTS) is 1. The van der Waals surface area contributed by atoms with Crippen LogP contribution in [0.2, 0.25) is 0 Å². The third-order valence-electron chi connectivity index (χ3n) is 4.46. The van der Waals surface area contributed by atoms with E-state index in [0.717, 1.165) is 10.3 Å². The first kappa shape index (κ1) is 16.7. The zero-order valence-corrected chi connectivity index (χ0v) is 14.2. The summed E-state index contributed by atoms with van der Waals surface area (Å²) in [5.41, 5.74) is 2.15. The third-order valence-corrected chi connectivity index (χ3v) is 4.46. The number of rotatable bonds is 4. The molecule has 3 aromatic heterocycles. The molecule has 1 N–H and O–H groups in total. The molecule has 0 radical (unpaired) electrons. The van der Waals surface area contributed by atoms with Gasteiger partial charge < -0.3 is 14.1 Å². The standard InChI is InChI=1S/C17H18N4O4/c1-10-14(16(24)20(3)17(25)19(10)2)12-6-4-11(5-7-13(22)23)21-9-8-18-15(12)21/h4,6,8-9H,5,7H2,1-3H3,(H,22,23). The summed E-state index contributed by atoms with van der Waals surface area (Å²) >= 11 is 0. The maximum atomic E-state index is 12.7. The van der Waals surface area contributed by atoms with Crippen LogP contribution in [0.1, 0.15) is 17.8 Å². The highest BCUT2D eigenvalue weighted by Crippen LogP contribution is 2.24. The van der Waals surface area contributed by atoms with E-state index in [1.54, 1.807) is 42.9 Å². The fourth-order valence-corrected chi connectivity index (χ4v) is 2.96. The number of carboxylic acids is 1. The Morgan fingerprint density at radius 1 is 1.20 bits per heavy atom. The van der Waals surface area contributed by atoms with Gasteiger partial charge in [0.2, 0.25) is 0 Å². The molecule has 0 spiro atoms. The van der Waals surface area contributed by atoms with Crippen LogP contribution >= 0.6 is 0 Å². The Labute approximate surface area is 142 Å². The van der Waals surface area contributed by atoms with E-state index in [4.69, 9.17) is 5.11 Å². The largest absolute Gasteiger partial charge is 0.481 e. The Bertz CT molecular complexity index is 1100. The van der Waals surface area contributed by atoms with Crippen molar-refractivity contribution in [1.29, 1.82) is 0 Å². The van der Waals surface area contributed by atoms with E-state index in [-0.39, 0.29) is 17.7 Å². The summed E-state index contributed by atoms with van der Waals surface area (Å²) in [7, 11) is 3.06. The Hall–Kier alpha value is -3.16. The number of fused-ring (bicyclic) bond motifs is 1. The predicted octanol–water partition coefficient (Wildman–Crippen LogP) is 0.724. The third kappa shape index (κ3) is 2.65. The van der Waals surface area contributed by atoms with Gasteiger partial charge in [0, 0.05) is 43.4 Å². The minimum Gasteiger partial charge on any atom is -0.481 e. The average molecular weight is 342 g/mol. The van der Waals surface area contributed by atoms with Gasteiger partial charge in [-0.1, -0.05) is 0 Å². The van der Waals surface area contributed by atoms with Crippen molar-refractivity contribution in [1.82, 2.24) is 18.5 Å². The lowest BCUT2D eigenvalue weighted by Gasteiger charge is -2.14. The summed E-state index contributed by atoms with van der Waals surface area (Å²) in [5, 5.41) is 8.89. The van der Waals surface area contributed by atoms with Crippen molar-refractivity contribution in [3.8, 4) is 11.1 Å². The summed E-state index contributed by atoms with van der Waals surface area (Å²) in [6.07, 6.45) is 3.70. The van der Waals surface area contributed by atoms with E-state index in [0.29, 0.717) is 28.9 Å². The van der Waals surface area contributed by atoms with Gasteiger partial charge in [-0.05, 0) is 25.5 Å². The number of hydrogen-bond donors (Lipinski definition) is 1. The number of hydrogen-bond acceptors (Lipinski definition) is 4. The van der Waals surface area contributed by atoms with Crippen LogP contribution in [0.15, 0.2) is 34.1 Å². The second-order valence-corrected chi connectivity index (χ2v) is 5.92. The SMILES string of the molecule is Cc1c(-c2ccc(CCC(=O)O)n3ccnc23)c(=O)n(C)c(=O)n1C. The van der Waals surface area contributed by atoms with Gasteiger partial charge in [0.25, 0.3) is 5.56 Å². The van der Waals surface area contributed by atoms with Gasteiger partial charge in [0.05, 0.1) is 12.0 Å². The van der Waals surface area contributed by atoms with E-state index in [1.807, 2.05) is 0 Å². The quantitative estimate of drug-likeness (QED) is 0.753. The van der Waals surface area contributed by atoms with E-state index in [9.17, 15) is 14.4 Å². The van der Waals surface area contributed by atoms with Crippen molar-refractivity contribution < 1.29 is 9.90 Å². The maximum Gasteiger partial charge on any atom is 0.330 e. The number of pyridine rings is 1. The van der Waals surface area contributed by atoms with E-state index in [2.05, 4.69) is 4.98 Å². The van der Waals surface area contributed by atoms with Gasteiger partial charge in [0.15, 0.2) is 0 Å². The van der Waals surface area contributed by atoms with Crippen molar-refractivity contribution in [3.63, 3.8) is 0 Å². The fourth-order valence-electron chi connectivity index (χ4n) is 2.96. The molecule has 8 nitrogen and oxygen atoms in total. The van der Waals surface area contributed by atoms with Gasteiger partial charge in [-0.15, -0.1) is 0 Å². The molecule has 0 unspecified atom stereocenters. The maximum absolute atomic E-state index is 12.7. The van der Waals surface area contributed by atoms with Gasteiger partial charge in [-0.3, -0.25) is 14.2 Å². The molecule has 0 atom stereocenters. The van der Waals surface area contributed by atoms with Crippen LogP contribution < -0.4 is 11.2 Å². The summed E-state index contributed by atoms with van der Waals surface area (Å²) in [5.74, 6) is -0.875. The van der Waals surface area contributed by atoms with Gasteiger partial charge in [0.1, 0.15) is 5.65 Å². The summed E-state index contributed by atoms with van der Waals surface area (Å²) in [4.78, 5) is 39.9. The van der Waals surface area contributed by atoms with Crippen LogP contribution in [-0.4, -0.2) is 29.6 Å². The monoisotopic (exact) mass is 342 g/mol. The van der Waals surface area contributed by atoms with E-state index < -0.39 is 5.97 Å². The van der Waals surface area contributed by atoms with Crippen molar-refractivity contribution in [2.24, 2.45) is 14.1 Å². The number of aryl methyl sites for hydroxylation is 1. The molecule has 25 heavy (non-hydrogen) atoms. The lowest BCUT2D eigenvalue weighted by Crippen LogP contribution is -2.39. The highest BCUT2D eigenvalue weighted by Gasteiger charge is 2.18. The smallest absolute Gasteiger partial charge is 0.330 e. The Kier molecular flexibility index (Phi) is 4.03. The number of aliphatic carboxylic acids is 1. The Morgan fingerprint density at radius 3 is 2.60 bits per heavy atom. The fraction of sp³-hybridized carbons (Fsp3) is 0.294. The normalized spacial score (nSPS) is 11.2. The lowest BCUT2D eigenvalue weighted by molar-refractivity contribution is -0.136. The topological polar surface area (TPSA) is 98.6 Å². The molecule has 0 aliphatic rings. The van der Waals surface area contributed by atoms with Crippen LogP contribution in [0.25, 0.3) is 16.8 Å². The van der Waals surface area contributed by atoms with Gasteiger partial charge in [-0.2, -0.15) is 0 Å². The molecule has 130 valence electrons. The van der Waals surface area contributed by atoms with Crippen LogP contribution in [0, 0.1) is 6.92 Å². The number of aromatic nitrogens is 4. The molecule has 0 aromatic carbocycles. The van der Waals surface area contributed by atoms with Crippen LogP contribution in [0.4, 0.5) is 0 Å². The second kappa shape index (κ2) is 6.04. The first-order valence-corrected chi connectivity index (χ1v) is 7.76. The molecule has 3 heterocycles. The molecule has 3 rings (SSSR count). The molecular weight excluding hydrogens is 324 g/mol. The first-order chi connectivity index (χ1) is 11.8. The minimum atomic E-state index is -0.875. The summed E-state index contributed by atoms with van der Waals surface area (Å²) in [6.45, 7) is 1.72. The molecule has 0 aliphatic heterocycles. The van der Waals surface area contributed by atoms with Crippen LogP contribution in [-0.2, 0) is 25.3 Å². The van der Waals surface area contributed by atoms with Crippen molar-refractivity contribution in [3.05, 3.63) is 56.8 Å². The molecule has 8 heteroatoms. The molecule has 3 aromatic rings. The minimum absolute atomic E-state index is 0.00720. The Balaban J connectivity index is 2.28. The van der Waals surface area contributed by atoms with Crippen molar-refractivity contribution in [2.75, 3.05) is 0 Å². The zero-order valence-electron chi connectivity index (χ0n) is 14.2. The van der Waals surface area contributed by atoms with Crippen LogP contribution in [0.5, 0.6) is 0 Å². The van der Waals surface area contributed by atoms with Crippen molar-refractivity contribution in [2.45, 2.75) is 19.8 Å². The lowest BCUT2D eigenvalue weighted by atomic mass is 10.1. The Morgan fingerprint density at radius 2 is 1.92 bits per heavy atom. The number of carbonyl (C=O) groups is 1. The summed E-state index contributed by atoms with van der Waals surface area (Å²) in [6, 6.07) is 3.55. The van der Waals surface area contributed by atoms with Crippen LogP contribution in [0.3, 0.4) is 0 Å². The van der Waals surface area contributed by atoms with Gasteiger partial charge >= 0.3 is 11.7 Å². The molecule has 0 saturated carbocycles. The highest BCUT2D eigenvalue weighted by molar-refractivity contribution is 5.78. The molecule has 0 fully saturated rings. The average Bonchev–Trinajstić information content (AvgIpc) is 3.07. The predicted molar refractivity (Wildman–Crippen MR) is 91.8 cm³/mol. The van der Waals surface area contributed by atoms with E-state index >= 15 is 0 Å². The summed E-state index contributed by atoms with van der Waals surface area (Å²) < 4.78 is 4.27. The molecule has 0 bridgehead atoms. The number of imidazole rings is 1.